The number of aromatic hydroxyl groups is 1. The Balaban J connectivity index is 0.00000161. The van der Waals surface area contributed by atoms with E-state index in [9.17, 15) is 9.18 Å². The van der Waals surface area contributed by atoms with E-state index < -0.39 is 11.4 Å². The molecule has 0 aliphatic carbocycles. The summed E-state index contributed by atoms with van der Waals surface area (Å²) < 4.78 is 13.6. The Morgan fingerprint density at radius 1 is 1.29 bits per heavy atom. The van der Waals surface area contributed by atoms with Crippen LogP contribution in [0.1, 0.15) is 11.4 Å². The van der Waals surface area contributed by atoms with Gasteiger partial charge in [-0.3, -0.25) is 9.78 Å². The highest BCUT2D eigenvalue weighted by molar-refractivity contribution is 5.85. The topological polar surface area (TPSA) is 121 Å². The SMILES string of the molecule is Cl.Nc1nc2nc(Cc3ccc(O)cc3F)[nH]c2c(=O)[nH]1. The summed E-state index contributed by atoms with van der Waals surface area (Å²) in [5.41, 5.74) is 5.69. The fourth-order valence-corrected chi connectivity index (χ4v) is 1.92. The fraction of sp³-hybridized carbons (Fsp3) is 0.0833. The number of fused-ring (bicyclic) bond motifs is 1. The van der Waals surface area contributed by atoms with Crippen molar-refractivity contribution in [3.63, 3.8) is 0 Å². The summed E-state index contributed by atoms with van der Waals surface area (Å²) in [5.74, 6) is -0.349. The molecule has 9 heteroatoms. The second-order valence-electron chi connectivity index (χ2n) is 4.29. The zero-order chi connectivity index (χ0) is 14.3. The first-order valence-electron chi connectivity index (χ1n) is 5.74. The molecule has 0 atom stereocenters. The molecule has 110 valence electrons. The van der Waals surface area contributed by atoms with Crippen molar-refractivity contribution >= 4 is 29.5 Å². The van der Waals surface area contributed by atoms with Crippen LogP contribution < -0.4 is 11.3 Å². The average Bonchev–Trinajstić information content (AvgIpc) is 2.75. The van der Waals surface area contributed by atoms with E-state index >= 15 is 0 Å². The summed E-state index contributed by atoms with van der Waals surface area (Å²) in [6, 6.07) is 3.84. The Morgan fingerprint density at radius 2 is 2.05 bits per heavy atom. The number of phenols is 1. The molecule has 0 aliphatic heterocycles. The predicted molar refractivity (Wildman–Crippen MR) is 77.0 cm³/mol. The maximum atomic E-state index is 13.6. The average molecular weight is 312 g/mol. The molecule has 0 saturated carbocycles. The fourth-order valence-electron chi connectivity index (χ4n) is 1.92. The van der Waals surface area contributed by atoms with Gasteiger partial charge in [0.1, 0.15) is 17.4 Å². The van der Waals surface area contributed by atoms with Gasteiger partial charge in [-0.1, -0.05) is 6.07 Å². The summed E-state index contributed by atoms with van der Waals surface area (Å²) in [5, 5.41) is 9.15. The van der Waals surface area contributed by atoms with Gasteiger partial charge in [-0.05, 0) is 11.6 Å². The van der Waals surface area contributed by atoms with Crippen molar-refractivity contribution in [1.29, 1.82) is 0 Å². The minimum atomic E-state index is -0.549. The third kappa shape index (κ3) is 2.79. The van der Waals surface area contributed by atoms with E-state index in [0.717, 1.165) is 6.07 Å². The molecule has 1 aromatic carbocycles. The number of rotatable bonds is 2. The predicted octanol–water partition coefficient (Wildman–Crippen LogP) is 1.09. The van der Waals surface area contributed by atoms with Crippen LogP contribution in [0.2, 0.25) is 0 Å². The molecule has 0 unspecified atom stereocenters. The molecule has 0 spiro atoms. The van der Waals surface area contributed by atoms with Gasteiger partial charge in [0.25, 0.3) is 5.56 Å². The van der Waals surface area contributed by atoms with E-state index in [4.69, 9.17) is 10.8 Å². The van der Waals surface area contributed by atoms with Gasteiger partial charge >= 0.3 is 0 Å². The number of H-pyrrole nitrogens is 2. The molecule has 0 radical (unpaired) electrons. The number of aromatic amines is 2. The highest BCUT2D eigenvalue weighted by Crippen LogP contribution is 2.18. The highest BCUT2D eigenvalue weighted by atomic mass is 35.5. The van der Waals surface area contributed by atoms with Crippen molar-refractivity contribution in [2.45, 2.75) is 6.42 Å². The molecule has 0 fully saturated rings. The number of halogens is 2. The number of anilines is 1. The molecular formula is C12H11ClFN5O2. The summed E-state index contributed by atoms with van der Waals surface area (Å²) in [6.07, 6.45) is 0.141. The number of aromatic nitrogens is 4. The number of benzene rings is 1. The number of imidazole rings is 1. The lowest BCUT2D eigenvalue weighted by atomic mass is 10.1. The van der Waals surface area contributed by atoms with Gasteiger partial charge in [-0.25, -0.2) is 9.37 Å². The van der Waals surface area contributed by atoms with Gasteiger partial charge in [0.15, 0.2) is 11.2 Å². The standard InChI is InChI=1S/C12H10FN5O2.ClH/c13-7-4-6(19)2-1-5(7)3-8-15-9-10(16-8)17-12(14)18-11(9)20;/h1-2,4,19H,3H2,(H4,14,15,16,17,18,20);1H. The Bertz CT molecular complexity index is 860. The van der Waals surface area contributed by atoms with Crippen molar-refractivity contribution < 1.29 is 9.50 Å². The Hall–Kier alpha value is -2.61. The quantitative estimate of drug-likeness (QED) is 0.564. The van der Waals surface area contributed by atoms with Gasteiger partial charge in [-0.15, -0.1) is 12.4 Å². The number of nitrogens with one attached hydrogen (secondary N) is 2. The number of phenolic OH excluding ortho intramolecular Hbond substituents is 1. The lowest BCUT2D eigenvalue weighted by Gasteiger charge is -2.00. The van der Waals surface area contributed by atoms with E-state index in [1.807, 2.05) is 0 Å². The monoisotopic (exact) mass is 311 g/mol. The molecule has 0 saturated heterocycles. The summed E-state index contributed by atoms with van der Waals surface area (Å²) >= 11 is 0. The normalized spacial score (nSPS) is 10.5. The second-order valence-corrected chi connectivity index (χ2v) is 4.29. The van der Waals surface area contributed by atoms with Crippen molar-refractivity contribution in [2.24, 2.45) is 0 Å². The minimum absolute atomic E-state index is 0. The summed E-state index contributed by atoms with van der Waals surface area (Å²) in [4.78, 5) is 24.7. The van der Waals surface area contributed by atoms with Crippen molar-refractivity contribution in [1.82, 2.24) is 19.9 Å². The smallest absolute Gasteiger partial charge is 0.278 e. The summed E-state index contributed by atoms with van der Waals surface area (Å²) in [7, 11) is 0. The van der Waals surface area contributed by atoms with Crippen LogP contribution in [0.4, 0.5) is 10.3 Å². The number of hydrogen-bond acceptors (Lipinski definition) is 5. The molecule has 21 heavy (non-hydrogen) atoms. The zero-order valence-electron chi connectivity index (χ0n) is 10.6. The van der Waals surface area contributed by atoms with Gasteiger partial charge in [0.05, 0.1) is 0 Å². The molecule has 3 aromatic rings. The first-order valence-corrected chi connectivity index (χ1v) is 5.74. The van der Waals surface area contributed by atoms with Crippen molar-refractivity contribution in [3.05, 3.63) is 45.8 Å². The van der Waals surface area contributed by atoms with Crippen LogP contribution in [0.5, 0.6) is 5.75 Å². The molecule has 0 amide bonds. The number of nitrogens with zero attached hydrogens (tertiary/aromatic N) is 2. The maximum Gasteiger partial charge on any atom is 0.278 e. The lowest BCUT2D eigenvalue weighted by Crippen LogP contribution is -2.10. The minimum Gasteiger partial charge on any atom is -0.508 e. The van der Waals surface area contributed by atoms with Gasteiger partial charge in [-0.2, -0.15) is 4.98 Å². The Labute approximate surface area is 123 Å². The van der Waals surface area contributed by atoms with Crippen molar-refractivity contribution in [2.75, 3.05) is 5.73 Å². The van der Waals surface area contributed by atoms with E-state index in [0.29, 0.717) is 11.4 Å². The van der Waals surface area contributed by atoms with Crippen LogP contribution >= 0.6 is 12.4 Å². The molecule has 5 N–H and O–H groups in total. The first kappa shape index (κ1) is 14.8. The van der Waals surface area contributed by atoms with Crippen LogP contribution in [-0.2, 0) is 6.42 Å². The second kappa shape index (κ2) is 5.41. The Morgan fingerprint density at radius 3 is 2.76 bits per heavy atom. The largest absolute Gasteiger partial charge is 0.508 e. The van der Waals surface area contributed by atoms with Crippen LogP contribution in [0.25, 0.3) is 11.2 Å². The molecule has 3 rings (SSSR count). The van der Waals surface area contributed by atoms with Crippen molar-refractivity contribution in [3.8, 4) is 5.75 Å². The van der Waals surface area contributed by atoms with Crippen LogP contribution in [-0.4, -0.2) is 25.0 Å². The number of nitrogen functional groups attached to an aromatic ring is 1. The molecule has 0 bridgehead atoms. The first-order chi connectivity index (χ1) is 9.52. The molecule has 2 aromatic heterocycles. The molecular weight excluding hydrogens is 301 g/mol. The van der Waals surface area contributed by atoms with Crippen LogP contribution in [0.3, 0.4) is 0 Å². The van der Waals surface area contributed by atoms with E-state index in [1.165, 1.54) is 12.1 Å². The van der Waals surface area contributed by atoms with Gasteiger partial charge in [0.2, 0.25) is 5.95 Å². The van der Waals surface area contributed by atoms with E-state index in [-0.39, 0.29) is 41.7 Å². The van der Waals surface area contributed by atoms with Gasteiger partial charge < -0.3 is 15.8 Å². The third-order valence-electron chi connectivity index (χ3n) is 2.82. The Kier molecular flexibility index (Phi) is 3.81. The van der Waals surface area contributed by atoms with Gasteiger partial charge in [0, 0.05) is 12.5 Å². The molecule has 2 heterocycles. The van der Waals surface area contributed by atoms with Crippen LogP contribution in [0, 0.1) is 5.82 Å². The molecule has 7 nitrogen and oxygen atoms in total. The highest BCUT2D eigenvalue weighted by Gasteiger charge is 2.11. The van der Waals surface area contributed by atoms with E-state index in [1.54, 1.807) is 0 Å². The third-order valence-corrected chi connectivity index (χ3v) is 2.82. The van der Waals surface area contributed by atoms with Crippen LogP contribution in [0.15, 0.2) is 23.0 Å². The number of nitrogens with two attached hydrogens (primary N) is 1. The zero-order valence-corrected chi connectivity index (χ0v) is 11.4. The summed E-state index contributed by atoms with van der Waals surface area (Å²) in [6.45, 7) is 0. The maximum absolute atomic E-state index is 13.6. The van der Waals surface area contributed by atoms with E-state index in [2.05, 4.69) is 19.9 Å². The molecule has 0 aliphatic rings. The lowest BCUT2D eigenvalue weighted by molar-refractivity contribution is 0.468. The number of hydrogen-bond donors (Lipinski definition) is 4.